The summed E-state index contributed by atoms with van der Waals surface area (Å²) in [6.07, 6.45) is 4.60. The lowest BCUT2D eigenvalue weighted by Crippen LogP contribution is -2.54. The lowest BCUT2D eigenvalue weighted by molar-refractivity contribution is 0.0500. The molecule has 1 aromatic rings. The van der Waals surface area contributed by atoms with Gasteiger partial charge in [-0.3, -0.25) is 4.90 Å². The monoisotopic (exact) mass is 359 g/mol. The maximum absolute atomic E-state index is 12.5. The SMILES string of the molecule is COc1ccc(CN2[C@@H]3CC[C@H]2CC(NC(=O)N2CCOCC2)C3)cc1. The van der Waals surface area contributed by atoms with Gasteiger partial charge in [0.2, 0.25) is 0 Å². The van der Waals surface area contributed by atoms with Gasteiger partial charge in [0.05, 0.1) is 20.3 Å². The second-order valence-corrected chi connectivity index (χ2v) is 7.62. The smallest absolute Gasteiger partial charge is 0.317 e. The number of nitrogens with one attached hydrogen (secondary N) is 1. The molecule has 3 heterocycles. The zero-order valence-corrected chi connectivity index (χ0v) is 15.5. The molecule has 1 N–H and O–H groups in total. The largest absolute Gasteiger partial charge is 0.497 e. The highest BCUT2D eigenvalue weighted by molar-refractivity contribution is 5.74. The molecule has 1 unspecified atom stereocenters. The standard InChI is InChI=1S/C20H29N3O3/c1-25-19-6-2-15(3-7-19)14-23-17-4-5-18(23)13-16(12-17)21-20(24)22-8-10-26-11-9-22/h2-3,6-7,16-18H,4-5,8-14H2,1H3,(H,21,24)/t16?,17-,18+. The van der Waals surface area contributed by atoms with Crippen LogP contribution in [0.3, 0.4) is 0 Å². The van der Waals surface area contributed by atoms with Gasteiger partial charge in [-0.2, -0.15) is 0 Å². The van der Waals surface area contributed by atoms with Crippen LogP contribution in [0.15, 0.2) is 24.3 Å². The average Bonchev–Trinajstić information content (AvgIpc) is 2.91. The molecule has 2 bridgehead atoms. The van der Waals surface area contributed by atoms with Gasteiger partial charge in [-0.25, -0.2) is 4.79 Å². The predicted octanol–water partition coefficient (Wildman–Crippen LogP) is 2.23. The third-order valence-corrected chi connectivity index (χ3v) is 6.03. The lowest BCUT2D eigenvalue weighted by Gasteiger charge is -2.40. The number of carbonyl (C=O) groups excluding carboxylic acids is 1. The Labute approximate surface area is 155 Å². The summed E-state index contributed by atoms with van der Waals surface area (Å²) in [5, 5.41) is 3.28. The summed E-state index contributed by atoms with van der Waals surface area (Å²) in [6.45, 7) is 3.70. The van der Waals surface area contributed by atoms with E-state index in [1.165, 1.54) is 18.4 Å². The van der Waals surface area contributed by atoms with E-state index in [1.54, 1.807) is 7.11 Å². The van der Waals surface area contributed by atoms with Crippen molar-refractivity contribution in [1.29, 1.82) is 0 Å². The molecule has 3 fully saturated rings. The topological polar surface area (TPSA) is 54.0 Å². The van der Waals surface area contributed by atoms with Crippen LogP contribution in [-0.4, -0.2) is 67.4 Å². The molecule has 6 heteroatoms. The van der Waals surface area contributed by atoms with E-state index in [9.17, 15) is 4.79 Å². The van der Waals surface area contributed by atoms with Crippen LogP contribution in [0.25, 0.3) is 0 Å². The normalized spacial score (nSPS) is 28.8. The van der Waals surface area contributed by atoms with E-state index in [4.69, 9.17) is 9.47 Å². The number of hydrogen-bond donors (Lipinski definition) is 1. The van der Waals surface area contributed by atoms with Gasteiger partial charge >= 0.3 is 6.03 Å². The molecule has 1 aromatic carbocycles. The van der Waals surface area contributed by atoms with Crippen molar-refractivity contribution in [3.05, 3.63) is 29.8 Å². The maximum Gasteiger partial charge on any atom is 0.317 e. The fraction of sp³-hybridized carbons (Fsp3) is 0.650. The molecule has 3 aliphatic heterocycles. The van der Waals surface area contributed by atoms with Crippen molar-refractivity contribution in [3.8, 4) is 5.75 Å². The van der Waals surface area contributed by atoms with Crippen LogP contribution in [0.5, 0.6) is 5.75 Å². The van der Waals surface area contributed by atoms with Crippen molar-refractivity contribution in [2.45, 2.75) is 50.4 Å². The van der Waals surface area contributed by atoms with Gasteiger partial charge in [0.1, 0.15) is 5.75 Å². The fourth-order valence-corrected chi connectivity index (χ4v) is 4.62. The van der Waals surface area contributed by atoms with Gasteiger partial charge in [-0.15, -0.1) is 0 Å². The van der Waals surface area contributed by atoms with Crippen LogP contribution in [0.2, 0.25) is 0 Å². The summed E-state index contributed by atoms with van der Waals surface area (Å²) < 4.78 is 10.6. The number of rotatable bonds is 4. The first kappa shape index (κ1) is 17.6. The molecule has 4 rings (SSSR count). The molecule has 0 aromatic heterocycles. The highest BCUT2D eigenvalue weighted by Crippen LogP contribution is 2.37. The molecular weight excluding hydrogens is 330 g/mol. The minimum atomic E-state index is 0.0845. The van der Waals surface area contributed by atoms with Crippen LogP contribution >= 0.6 is 0 Å². The number of methoxy groups -OCH3 is 1. The summed E-state index contributed by atoms with van der Waals surface area (Å²) in [5.41, 5.74) is 1.33. The van der Waals surface area contributed by atoms with Gasteiger partial charge in [0, 0.05) is 37.8 Å². The molecule has 26 heavy (non-hydrogen) atoms. The highest BCUT2D eigenvalue weighted by atomic mass is 16.5. The molecule has 0 radical (unpaired) electrons. The van der Waals surface area contributed by atoms with Gasteiger partial charge in [0.25, 0.3) is 0 Å². The van der Waals surface area contributed by atoms with Crippen molar-refractivity contribution in [3.63, 3.8) is 0 Å². The van der Waals surface area contributed by atoms with Gasteiger partial charge < -0.3 is 19.7 Å². The van der Waals surface area contributed by atoms with Crippen molar-refractivity contribution >= 4 is 6.03 Å². The summed E-state index contributed by atoms with van der Waals surface area (Å²) in [6, 6.07) is 9.92. The summed E-state index contributed by atoms with van der Waals surface area (Å²) >= 11 is 0. The number of carbonyl (C=O) groups is 1. The summed E-state index contributed by atoms with van der Waals surface area (Å²) in [5.74, 6) is 0.904. The van der Waals surface area contributed by atoms with Crippen LogP contribution in [0.4, 0.5) is 4.79 Å². The molecule has 0 saturated carbocycles. The lowest BCUT2D eigenvalue weighted by atomic mass is 9.96. The molecule has 3 atom stereocenters. The molecule has 2 amide bonds. The quantitative estimate of drug-likeness (QED) is 0.896. The van der Waals surface area contributed by atoms with E-state index in [0.717, 1.165) is 25.1 Å². The minimum absolute atomic E-state index is 0.0845. The van der Waals surface area contributed by atoms with Gasteiger partial charge in [-0.05, 0) is 43.4 Å². The van der Waals surface area contributed by atoms with Crippen molar-refractivity contribution < 1.29 is 14.3 Å². The van der Waals surface area contributed by atoms with Crippen LogP contribution in [0, 0.1) is 0 Å². The van der Waals surface area contributed by atoms with Crippen LogP contribution in [0.1, 0.15) is 31.2 Å². The number of amides is 2. The van der Waals surface area contributed by atoms with E-state index < -0.39 is 0 Å². The van der Waals surface area contributed by atoms with E-state index in [2.05, 4.69) is 22.3 Å². The Morgan fingerprint density at radius 1 is 1.15 bits per heavy atom. The Hall–Kier alpha value is -1.79. The van der Waals surface area contributed by atoms with Crippen LogP contribution < -0.4 is 10.1 Å². The number of piperidine rings is 1. The molecule has 0 aliphatic carbocycles. The molecular formula is C20H29N3O3. The Balaban J connectivity index is 1.32. The number of benzene rings is 1. The zero-order valence-electron chi connectivity index (χ0n) is 15.5. The van der Waals surface area contributed by atoms with E-state index in [0.29, 0.717) is 44.4 Å². The summed E-state index contributed by atoms with van der Waals surface area (Å²) in [7, 11) is 1.70. The Bertz CT molecular complexity index is 601. The molecule has 0 spiro atoms. The van der Waals surface area contributed by atoms with Crippen molar-refractivity contribution in [1.82, 2.24) is 15.1 Å². The number of urea groups is 1. The molecule has 142 valence electrons. The van der Waals surface area contributed by atoms with Crippen LogP contribution in [-0.2, 0) is 11.3 Å². The number of fused-ring (bicyclic) bond motifs is 2. The van der Waals surface area contributed by atoms with E-state index in [-0.39, 0.29) is 6.03 Å². The van der Waals surface area contributed by atoms with Crippen molar-refractivity contribution in [2.24, 2.45) is 0 Å². The Kier molecular flexibility index (Phi) is 5.31. The Morgan fingerprint density at radius 2 is 1.81 bits per heavy atom. The van der Waals surface area contributed by atoms with E-state index in [1.807, 2.05) is 17.0 Å². The highest BCUT2D eigenvalue weighted by Gasteiger charge is 2.41. The molecule has 6 nitrogen and oxygen atoms in total. The predicted molar refractivity (Wildman–Crippen MR) is 99.3 cm³/mol. The molecule has 3 saturated heterocycles. The fourth-order valence-electron chi connectivity index (χ4n) is 4.62. The number of morpholine rings is 1. The number of nitrogens with zero attached hydrogens (tertiary/aromatic N) is 2. The zero-order chi connectivity index (χ0) is 17.9. The Morgan fingerprint density at radius 3 is 2.42 bits per heavy atom. The minimum Gasteiger partial charge on any atom is -0.497 e. The third kappa shape index (κ3) is 3.81. The second kappa shape index (κ2) is 7.84. The molecule has 3 aliphatic rings. The average molecular weight is 359 g/mol. The maximum atomic E-state index is 12.5. The first-order chi connectivity index (χ1) is 12.7. The first-order valence-electron chi connectivity index (χ1n) is 9.75. The van der Waals surface area contributed by atoms with Gasteiger partial charge in [-0.1, -0.05) is 12.1 Å². The third-order valence-electron chi connectivity index (χ3n) is 6.03. The number of ether oxygens (including phenoxy) is 2. The summed E-state index contributed by atoms with van der Waals surface area (Å²) in [4.78, 5) is 17.0. The van der Waals surface area contributed by atoms with Gasteiger partial charge in [0.15, 0.2) is 0 Å². The van der Waals surface area contributed by atoms with Crippen molar-refractivity contribution in [2.75, 3.05) is 33.4 Å². The number of hydrogen-bond acceptors (Lipinski definition) is 4. The first-order valence-corrected chi connectivity index (χ1v) is 9.75. The van der Waals surface area contributed by atoms with E-state index >= 15 is 0 Å². The second-order valence-electron chi connectivity index (χ2n) is 7.62.